The van der Waals surface area contributed by atoms with E-state index in [2.05, 4.69) is 20.4 Å². The normalized spacial score (nSPS) is 20.5. The molecule has 11 nitrogen and oxygen atoms in total. The molecule has 4 aromatic rings. The van der Waals surface area contributed by atoms with Crippen LogP contribution in [0.1, 0.15) is 29.8 Å². The summed E-state index contributed by atoms with van der Waals surface area (Å²) in [6.07, 6.45) is 7.57. The van der Waals surface area contributed by atoms with Crippen molar-refractivity contribution in [3.8, 4) is 5.69 Å². The van der Waals surface area contributed by atoms with E-state index < -0.39 is 11.9 Å². The van der Waals surface area contributed by atoms with Crippen LogP contribution in [-0.2, 0) is 16.1 Å². The number of pyridine rings is 1. The van der Waals surface area contributed by atoms with Gasteiger partial charge in [0.1, 0.15) is 23.6 Å². The van der Waals surface area contributed by atoms with Gasteiger partial charge in [-0.3, -0.25) is 19.1 Å². The zero-order valence-corrected chi connectivity index (χ0v) is 20.4. The molecule has 3 aromatic heterocycles. The molecule has 3 N–H and O–H groups in total. The Morgan fingerprint density at radius 3 is 2.78 bits per heavy atom. The van der Waals surface area contributed by atoms with Gasteiger partial charge in [0.2, 0.25) is 11.8 Å². The third-order valence-corrected chi connectivity index (χ3v) is 7.37. The number of hydrogen-bond donors (Lipinski definition) is 2. The first kappa shape index (κ1) is 23.2. The maximum atomic E-state index is 13.6. The highest BCUT2D eigenvalue weighted by Gasteiger charge is 2.51. The minimum Gasteiger partial charge on any atom is -0.364 e. The first-order chi connectivity index (χ1) is 17.9. The van der Waals surface area contributed by atoms with Crippen molar-refractivity contribution in [1.29, 1.82) is 0 Å². The smallest absolute Gasteiger partial charge is 0.269 e. The predicted molar refractivity (Wildman–Crippen MR) is 135 cm³/mol. The maximum absolute atomic E-state index is 13.6. The van der Waals surface area contributed by atoms with Crippen LogP contribution in [0.2, 0.25) is 5.15 Å². The van der Waals surface area contributed by atoms with Gasteiger partial charge in [0, 0.05) is 29.5 Å². The summed E-state index contributed by atoms with van der Waals surface area (Å²) in [6, 6.07) is 9.78. The maximum Gasteiger partial charge on any atom is 0.269 e. The van der Waals surface area contributed by atoms with E-state index in [4.69, 9.17) is 17.3 Å². The number of benzene rings is 1. The molecule has 1 aliphatic heterocycles. The molecule has 4 heterocycles. The van der Waals surface area contributed by atoms with Gasteiger partial charge in [-0.15, -0.1) is 0 Å². The number of amides is 3. The molecule has 2 fully saturated rings. The van der Waals surface area contributed by atoms with E-state index in [9.17, 15) is 14.4 Å². The molecule has 3 amide bonds. The fraction of sp³-hybridized carbons (Fsp3) is 0.280. The number of hydrogen-bond acceptors (Lipinski definition) is 6. The quantitative estimate of drug-likeness (QED) is 0.375. The average Bonchev–Trinajstić information content (AvgIpc) is 3.67. The SMILES string of the molecule is NC(=O)c1nn(CC(=O)N2[C@@H]3CC[C@@H](C3)[C@H]2C(=O)Nc2cccc(Cl)n2)c2ccc(-n3ccnc3)cc12. The number of nitrogens with two attached hydrogens (primary N) is 1. The topological polar surface area (TPSA) is 141 Å². The van der Waals surface area contributed by atoms with E-state index in [0.717, 1.165) is 24.9 Å². The molecular formula is C25H23ClN8O3. The number of carbonyl (C=O) groups excluding carboxylic acids is 3. The van der Waals surface area contributed by atoms with Gasteiger partial charge in [0.25, 0.3) is 5.91 Å². The monoisotopic (exact) mass is 518 g/mol. The van der Waals surface area contributed by atoms with E-state index >= 15 is 0 Å². The molecule has 6 rings (SSSR count). The van der Waals surface area contributed by atoms with Crippen LogP contribution in [0.25, 0.3) is 16.6 Å². The Balaban J connectivity index is 1.29. The molecule has 0 unspecified atom stereocenters. The second-order valence-electron chi connectivity index (χ2n) is 9.35. The highest BCUT2D eigenvalue weighted by Crippen LogP contribution is 2.43. The van der Waals surface area contributed by atoms with Gasteiger partial charge in [-0.2, -0.15) is 5.10 Å². The van der Waals surface area contributed by atoms with Gasteiger partial charge in [0.15, 0.2) is 5.69 Å². The molecule has 2 bridgehead atoms. The molecule has 0 spiro atoms. The van der Waals surface area contributed by atoms with Crippen molar-refractivity contribution in [2.24, 2.45) is 11.7 Å². The number of halogens is 1. The van der Waals surface area contributed by atoms with Crippen LogP contribution < -0.4 is 11.1 Å². The number of carbonyl (C=O) groups is 3. The Morgan fingerprint density at radius 1 is 1.16 bits per heavy atom. The van der Waals surface area contributed by atoms with E-state index in [-0.39, 0.29) is 41.2 Å². The minimum absolute atomic E-state index is 0.0224. The molecule has 1 aliphatic carbocycles. The fourth-order valence-corrected chi connectivity index (χ4v) is 5.78. The summed E-state index contributed by atoms with van der Waals surface area (Å²) in [5.41, 5.74) is 7.07. The number of fused-ring (bicyclic) bond motifs is 3. The van der Waals surface area contributed by atoms with Crippen LogP contribution in [0.3, 0.4) is 0 Å². The number of primary amides is 1. The largest absolute Gasteiger partial charge is 0.364 e. The average molecular weight is 519 g/mol. The molecule has 0 radical (unpaired) electrons. The number of nitrogens with zero attached hydrogens (tertiary/aromatic N) is 6. The van der Waals surface area contributed by atoms with Crippen LogP contribution in [0.5, 0.6) is 0 Å². The molecule has 37 heavy (non-hydrogen) atoms. The first-order valence-corrected chi connectivity index (χ1v) is 12.3. The number of rotatable bonds is 6. The Bertz CT molecular complexity index is 1530. The first-order valence-electron chi connectivity index (χ1n) is 11.9. The lowest BCUT2D eigenvalue weighted by atomic mass is 9.97. The summed E-state index contributed by atoms with van der Waals surface area (Å²) in [4.78, 5) is 48.9. The second kappa shape index (κ2) is 9.00. The second-order valence-corrected chi connectivity index (χ2v) is 9.74. The van der Waals surface area contributed by atoms with E-state index in [0.29, 0.717) is 16.7 Å². The molecule has 188 valence electrons. The van der Waals surface area contributed by atoms with Crippen LogP contribution in [0.4, 0.5) is 5.82 Å². The molecule has 1 saturated heterocycles. The molecule has 1 saturated carbocycles. The van der Waals surface area contributed by atoms with Crippen molar-refractivity contribution in [2.75, 3.05) is 5.32 Å². The Kier molecular flexibility index (Phi) is 5.64. The summed E-state index contributed by atoms with van der Waals surface area (Å²) >= 11 is 5.96. The summed E-state index contributed by atoms with van der Waals surface area (Å²) in [6.45, 7) is -0.128. The lowest BCUT2D eigenvalue weighted by Crippen LogP contribution is -2.52. The number of likely N-dealkylation sites (tertiary alicyclic amines) is 1. The number of aromatic nitrogens is 5. The third-order valence-electron chi connectivity index (χ3n) is 7.16. The standard InChI is InChI=1S/C25H23ClN8O3/c26-19-2-1-3-20(29-19)30-25(37)23-14-4-5-16(10-14)34(23)21(35)12-33-18-7-6-15(32-9-8-28-13-32)11-17(18)22(31-33)24(27)36/h1-3,6-9,11,13-14,16,23H,4-5,10,12H2,(H2,27,36)(H,29,30,37)/t14-,16+,23-/m0/s1. The van der Waals surface area contributed by atoms with E-state index in [1.165, 1.54) is 4.68 Å². The zero-order chi connectivity index (χ0) is 25.7. The lowest BCUT2D eigenvalue weighted by molar-refractivity contribution is -0.141. The Morgan fingerprint density at radius 2 is 2.03 bits per heavy atom. The molecule has 3 atom stereocenters. The molecule has 1 aromatic carbocycles. The van der Waals surface area contributed by atoms with Crippen molar-refractivity contribution in [3.05, 3.63) is 66.0 Å². The lowest BCUT2D eigenvalue weighted by Gasteiger charge is -2.34. The number of anilines is 1. The number of nitrogens with one attached hydrogen (secondary N) is 1. The number of piperidine rings is 1. The van der Waals surface area contributed by atoms with Gasteiger partial charge in [-0.05, 0) is 55.5 Å². The minimum atomic E-state index is -0.689. The highest BCUT2D eigenvalue weighted by molar-refractivity contribution is 6.29. The van der Waals surface area contributed by atoms with Gasteiger partial charge < -0.3 is 20.5 Å². The summed E-state index contributed by atoms with van der Waals surface area (Å²) in [7, 11) is 0. The predicted octanol–water partition coefficient (Wildman–Crippen LogP) is 2.39. The molecular weight excluding hydrogens is 496 g/mol. The van der Waals surface area contributed by atoms with Crippen molar-refractivity contribution in [3.63, 3.8) is 0 Å². The van der Waals surface area contributed by atoms with Crippen LogP contribution >= 0.6 is 11.6 Å². The fourth-order valence-electron chi connectivity index (χ4n) is 5.61. The van der Waals surface area contributed by atoms with Gasteiger partial charge >= 0.3 is 0 Å². The molecule has 2 aliphatic rings. The van der Waals surface area contributed by atoms with Crippen LogP contribution in [0, 0.1) is 5.92 Å². The van der Waals surface area contributed by atoms with Crippen molar-refractivity contribution >= 4 is 46.0 Å². The third kappa shape index (κ3) is 4.10. The van der Waals surface area contributed by atoms with Crippen LogP contribution in [0.15, 0.2) is 55.1 Å². The van der Waals surface area contributed by atoms with Gasteiger partial charge in [0.05, 0.1) is 11.8 Å². The zero-order valence-electron chi connectivity index (χ0n) is 19.6. The van der Waals surface area contributed by atoms with Gasteiger partial charge in [-0.25, -0.2) is 9.97 Å². The number of imidazole rings is 1. The van der Waals surface area contributed by atoms with E-state index in [1.807, 2.05) is 6.07 Å². The van der Waals surface area contributed by atoms with Crippen LogP contribution in [-0.4, -0.2) is 59.0 Å². The summed E-state index contributed by atoms with van der Waals surface area (Å²) in [5.74, 6) is -0.814. The Labute approximate surface area is 216 Å². The van der Waals surface area contributed by atoms with Crippen molar-refractivity contribution in [1.82, 2.24) is 29.2 Å². The van der Waals surface area contributed by atoms with E-state index in [1.54, 1.807) is 58.5 Å². The van der Waals surface area contributed by atoms with Gasteiger partial charge in [-0.1, -0.05) is 17.7 Å². The Hall–Kier alpha value is -4.25. The summed E-state index contributed by atoms with van der Waals surface area (Å²) in [5, 5.41) is 7.99. The van der Waals surface area contributed by atoms with Crippen molar-refractivity contribution < 1.29 is 14.4 Å². The summed E-state index contributed by atoms with van der Waals surface area (Å²) < 4.78 is 3.28. The highest BCUT2D eigenvalue weighted by atomic mass is 35.5. The molecule has 12 heteroatoms. The van der Waals surface area contributed by atoms with Crippen molar-refractivity contribution in [2.45, 2.75) is 37.9 Å².